The minimum Gasteiger partial charge on any atom is -0.493 e. The number of carboxylic acid groups (broad SMARTS) is 1. The second-order valence-electron chi connectivity index (χ2n) is 35.5. The molecule has 1 aliphatic carbocycles. The van der Waals surface area contributed by atoms with Gasteiger partial charge in [-0.3, -0.25) is 33.9 Å². The maximum atomic E-state index is 13.1. The Kier molecular flexibility index (Phi) is 34.0. The van der Waals surface area contributed by atoms with Crippen LogP contribution in [0.1, 0.15) is 104 Å². The Labute approximate surface area is 831 Å². The summed E-state index contributed by atoms with van der Waals surface area (Å²) in [4.78, 5) is 90.4. The topological polar surface area (TPSA) is 293 Å². The number of halogens is 3. The van der Waals surface area contributed by atoms with Crippen LogP contribution in [-0.4, -0.2) is 148 Å². The van der Waals surface area contributed by atoms with E-state index in [0.717, 1.165) is 130 Å². The fourth-order valence-corrected chi connectivity index (χ4v) is 16.0. The van der Waals surface area contributed by atoms with Crippen molar-refractivity contribution in [3.05, 3.63) is 383 Å². The van der Waals surface area contributed by atoms with Crippen molar-refractivity contribution in [2.24, 2.45) is 5.41 Å². The second-order valence-corrected chi connectivity index (χ2v) is 37.5. The number of amides is 5. The molecule has 0 atom stereocenters. The molecule has 0 spiro atoms. The summed E-state index contributed by atoms with van der Waals surface area (Å²) < 4.78 is 85.9. The number of carbonyl (C=O) groups is 6. The van der Waals surface area contributed by atoms with Gasteiger partial charge < -0.3 is 70.2 Å². The number of carbonyl (C=O) groups excluding carboxylic acids is 5. The van der Waals surface area contributed by atoms with E-state index >= 15 is 0 Å². The first-order valence-electron chi connectivity index (χ1n) is 46.1. The zero-order valence-corrected chi connectivity index (χ0v) is 82.9. The monoisotopic (exact) mass is 1950 g/mol. The molecule has 24 nitrogen and oxygen atoms in total. The van der Waals surface area contributed by atoms with Crippen molar-refractivity contribution in [3.63, 3.8) is 0 Å². The predicted octanol–water partition coefficient (Wildman–Crippen LogP) is 23.5. The highest BCUT2D eigenvalue weighted by atomic mass is 32.2. The molecule has 0 saturated heterocycles. The van der Waals surface area contributed by atoms with E-state index in [2.05, 4.69) is 36.6 Å². The molecule has 1 saturated carbocycles. The number of aromatic nitrogens is 2. The number of nitrogens with zero attached hydrogens (tertiary/aromatic N) is 6. The Balaban J connectivity index is 0.000000150. The Morgan fingerprint density at radius 3 is 1.23 bits per heavy atom. The van der Waals surface area contributed by atoms with Gasteiger partial charge in [0.15, 0.2) is 21.3 Å². The third kappa shape index (κ3) is 27.9. The molecule has 1 aliphatic heterocycles. The van der Waals surface area contributed by atoms with Gasteiger partial charge in [-0.1, -0.05) is 97.1 Å². The van der Waals surface area contributed by atoms with Crippen LogP contribution < -0.4 is 65.1 Å². The van der Waals surface area contributed by atoms with Gasteiger partial charge in [0.05, 0.1) is 17.1 Å². The second kappa shape index (κ2) is 46.9. The van der Waals surface area contributed by atoms with Crippen LogP contribution in [0.15, 0.2) is 321 Å². The van der Waals surface area contributed by atoms with Crippen LogP contribution in [0.2, 0.25) is 0 Å². The normalized spacial score (nSPS) is 11.9. The van der Waals surface area contributed by atoms with Gasteiger partial charge in [-0.05, 0) is 307 Å². The van der Waals surface area contributed by atoms with E-state index in [9.17, 15) is 55.5 Å². The SMILES string of the molecule is Cc1ccc(NC(=O)C2(C(F)(F)F)CC2)cc1-c1ccc2ccncc2c1.Cc1ccc(NC(=O)c2cccc(N(C)C)c2)cc1-c1ccc(S(C)(=O)=O)cc1.Cc1ccc(NC(=O)c2cccc(N(C)C)c2)cc1-c1cccc(C(=O)O)c1.Cc1ccc(NC(=O)c2cccc(N(C)C)c2)cc1OCCc1ccncc1.Cc1ccc(NC(=O)c2cccc(N(C)C)c2)cc1OCc1ccc2c(c1)OCCO2. The van der Waals surface area contributed by atoms with Crippen molar-refractivity contribution in [1.29, 1.82) is 0 Å². The molecule has 0 radical (unpaired) electrons. The summed E-state index contributed by atoms with van der Waals surface area (Å²) in [5.41, 5.74) is 19.8. The largest absolute Gasteiger partial charge is 0.493 e. The number of rotatable bonds is 26. The first kappa shape index (κ1) is 104. The number of aryl methyl sites for hydroxylation is 5. The smallest absolute Gasteiger partial charge is 0.403 e. The zero-order chi connectivity index (χ0) is 102. The highest BCUT2D eigenvalue weighted by Gasteiger charge is 2.68. The Morgan fingerprint density at radius 2 is 0.790 bits per heavy atom. The fraction of sp³-hybridized carbons (Fsp3) is 0.200. The number of sulfone groups is 1. The molecule has 5 amide bonds. The van der Waals surface area contributed by atoms with E-state index in [1.54, 1.807) is 104 Å². The average Bonchev–Trinajstić information content (AvgIpc) is 1.58. The summed E-state index contributed by atoms with van der Waals surface area (Å²) in [6.45, 7) is 11.9. The standard InChI is InChI=1S/C25H26N2O4.C23H25N3O2.C23H24N2O3S.C23H22N2O3.C21H17F3N2O/c1-17-7-9-20(26-25(28)19-5-4-6-21(14-19)27(2)3)15-23(17)31-16-18-8-10-22-24(13-18)30-12-11-29-22;1-17-7-8-20(16-22(17)28-14-11-18-9-12-24-13-10-18)25-23(27)19-5-4-6-21(15-19)26(2)3;1-16-8-11-19(24-23(26)18-6-5-7-20(14-18)25(2)3)15-22(16)17-9-12-21(13-10-17)29(4,27)28;1-15-10-11-19(14-21(15)16-6-4-8-18(12-16)23(27)28)24-22(26)17-7-5-9-20(13-17)25(2)3;1-13-2-5-17(26-19(27)20(7-8-20)21(22,23)24)11-18(13)15-4-3-14-6-9-25-12-16(14)10-15/h4-10,13-15H,11-12,16H2,1-3H3,(H,26,28);4-10,12-13,15-16H,11,14H2,1-3H3,(H,25,27);5-15H,1-4H3,(H,24,26);4-14H,1-3H3,(H,24,26)(H,27,28);2-6,9-12H,7-8H2,1H3,(H,26,27). The molecule has 17 rings (SSSR count). The molecule has 6 N–H and O–H groups in total. The maximum absolute atomic E-state index is 13.1. The van der Waals surface area contributed by atoms with Crippen LogP contribution >= 0.6 is 0 Å². The highest BCUT2D eigenvalue weighted by Crippen LogP contribution is 2.58. The van der Waals surface area contributed by atoms with Crippen LogP contribution in [0.3, 0.4) is 0 Å². The number of hydrogen-bond acceptors (Lipinski definition) is 18. The summed E-state index contributed by atoms with van der Waals surface area (Å²) in [7, 11) is 12.3. The molecular formula is C115H114F3N11O13S. The quantitative estimate of drug-likeness (QED) is 0.0294. The van der Waals surface area contributed by atoms with E-state index in [1.807, 2.05) is 323 Å². The van der Waals surface area contributed by atoms with Gasteiger partial charge in [0.25, 0.3) is 23.6 Å². The number of hydrogen-bond donors (Lipinski definition) is 6. The average molecular weight is 1950 g/mol. The molecule has 13 aromatic carbocycles. The summed E-state index contributed by atoms with van der Waals surface area (Å²) in [5, 5.41) is 25.5. The van der Waals surface area contributed by atoms with Crippen molar-refractivity contribution < 1.29 is 74.4 Å². The number of anilines is 9. The molecule has 0 bridgehead atoms. The third-order valence-electron chi connectivity index (χ3n) is 24.0. The van der Waals surface area contributed by atoms with E-state index in [0.29, 0.717) is 77.1 Å². The van der Waals surface area contributed by atoms with Gasteiger partial charge >= 0.3 is 12.1 Å². The zero-order valence-electron chi connectivity index (χ0n) is 82.0. The Morgan fingerprint density at radius 1 is 0.392 bits per heavy atom. The summed E-state index contributed by atoms with van der Waals surface area (Å²) in [6, 6.07) is 88.8. The molecule has 3 heterocycles. The molecule has 734 valence electrons. The fourth-order valence-electron chi connectivity index (χ4n) is 15.3. The van der Waals surface area contributed by atoms with Crippen LogP contribution in [0, 0.1) is 40.0 Å². The summed E-state index contributed by atoms with van der Waals surface area (Å²) in [6.07, 6.45) is 4.21. The minimum atomic E-state index is -4.52. The molecule has 1 fully saturated rings. The number of aromatic carboxylic acids is 1. The van der Waals surface area contributed by atoms with Gasteiger partial charge in [0, 0.05) is 185 Å². The van der Waals surface area contributed by atoms with E-state index in [1.165, 1.54) is 11.8 Å². The van der Waals surface area contributed by atoms with Crippen LogP contribution in [0.4, 0.5) is 64.4 Å². The van der Waals surface area contributed by atoms with Crippen LogP contribution in [0.25, 0.3) is 44.2 Å². The van der Waals surface area contributed by atoms with Crippen molar-refractivity contribution in [2.75, 3.05) is 129 Å². The highest BCUT2D eigenvalue weighted by molar-refractivity contribution is 7.90. The van der Waals surface area contributed by atoms with Gasteiger partial charge in [-0.25, -0.2) is 13.2 Å². The van der Waals surface area contributed by atoms with Crippen molar-refractivity contribution >= 4 is 107 Å². The van der Waals surface area contributed by atoms with Crippen LogP contribution in [0.5, 0.6) is 23.0 Å². The molecule has 0 unspecified atom stereocenters. The lowest BCUT2D eigenvalue weighted by Gasteiger charge is -2.19. The molecule has 15 aromatic rings. The van der Waals surface area contributed by atoms with E-state index in [-0.39, 0.29) is 46.9 Å². The minimum absolute atomic E-state index is 0.143. The number of carboxylic acids is 1. The Hall–Kier alpha value is -16.6. The molecule has 2 aromatic heterocycles. The lowest BCUT2D eigenvalue weighted by Crippen LogP contribution is -2.36. The van der Waals surface area contributed by atoms with E-state index in [4.69, 9.17) is 18.9 Å². The molecule has 28 heteroatoms. The molecule has 2 aliphatic rings. The lowest BCUT2D eigenvalue weighted by molar-refractivity contribution is -0.189. The number of pyridine rings is 2. The maximum Gasteiger partial charge on any atom is 0.403 e. The lowest BCUT2D eigenvalue weighted by atomic mass is 9.97. The molecular weight excluding hydrogens is 1830 g/mol. The van der Waals surface area contributed by atoms with Gasteiger partial charge in [-0.2, -0.15) is 13.2 Å². The molecule has 143 heavy (non-hydrogen) atoms. The number of alkyl halides is 3. The number of nitrogens with one attached hydrogen (secondary N) is 5. The third-order valence-corrected chi connectivity index (χ3v) is 25.1. The van der Waals surface area contributed by atoms with Crippen molar-refractivity contribution in [3.8, 4) is 56.4 Å². The van der Waals surface area contributed by atoms with E-state index < -0.39 is 33.3 Å². The number of benzene rings is 13. The van der Waals surface area contributed by atoms with Crippen molar-refractivity contribution in [1.82, 2.24) is 9.97 Å². The first-order valence-corrected chi connectivity index (χ1v) is 48.0. The predicted molar refractivity (Wildman–Crippen MR) is 564 cm³/mol. The van der Waals surface area contributed by atoms with Crippen molar-refractivity contribution in [2.45, 2.75) is 71.6 Å². The first-order chi connectivity index (χ1) is 68.3. The number of ether oxygens (including phenoxy) is 4. The van der Waals surface area contributed by atoms with Gasteiger partial charge in [0.1, 0.15) is 36.7 Å². The Bertz CT molecular complexity index is 7260. The van der Waals surface area contributed by atoms with Gasteiger partial charge in [0.2, 0.25) is 5.91 Å². The van der Waals surface area contributed by atoms with Gasteiger partial charge in [-0.15, -0.1) is 0 Å². The summed E-state index contributed by atoms with van der Waals surface area (Å²) in [5.74, 6) is 0.356. The number of fused-ring (bicyclic) bond motifs is 2. The van der Waals surface area contributed by atoms with Crippen LogP contribution in [-0.2, 0) is 27.7 Å². The summed E-state index contributed by atoms with van der Waals surface area (Å²) >= 11 is 0.